The van der Waals surface area contributed by atoms with Gasteiger partial charge >= 0.3 is 0 Å². The molecule has 7 nitrogen and oxygen atoms in total. The Morgan fingerprint density at radius 3 is 2.54 bits per heavy atom. The van der Waals surface area contributed by atoms with Crippen LogP contribution in [0.4, 0.5) is 0 Å². The first kappa shape index (κ1) is 16.8. The van der Waals surface area contributed by atoms with Crippen LogP contribution in [0.2, 0.25) is 0 Å². The van der Waals surface area contributed by atoms with Crippen LogP contribution in [0.25, 0.3) is 0 Å². The van der Waals surface area contributed by atoms with Gasteiger partial charge in [0.25, 0.3) is 0 Å². The summed E-state index contributed by atoms with van der Waals surface area (Å²) in [6.07, 6.45) is -0.708. The predicted octanol–water partition coefficient (Wildman–Crippen LogP) is 2.19. The van der Waals surface area contributed by atoms with E-state index >= 15 is 0 Å². The Hall–Kier alpha value is -2.64. The largest absolute Gasteiger partial charge is 0.507 e. The number of hydrogen-bond acceptors (Lipinski definition) is 7. The number of aliphatic hydroxyl groups is 1. The van der Waals surface area contributed by atoms with Gasteiger partial charge in [0.2, 0.25) is 6.79 Å². The van der Waals surface area contributed by atoms with E-state index in [1.165, 1.54) is 0 Å². The maximum Gasteiger partial charge on any atom is 0.231 e. The summed E-state index contributed by atoms with van der Waals surface area (Å²) in [4.78, 5) is 2.05. The molecule has 0 radical (unpaired) electrons. The first-order chi connectivity index (χ1) is 12.6. The molecule has 2 aromatic carbocycles. The second kappa shape index (κ2) is 6.59. The summed E-state index contributed by atoms with van der Waals surface area (Å²) < 4.78 is 21.5. The van der Waals surface area contributed by atoms with Crippen molar-refractivity contribution in [2.45, 2.75) is 19.2 Å². The van der Waals surface area contributed by atoms with Gasteiger partial charge in [-0.1, -0.05) is 0 Å². The van der Waals surface area contributed by atoms with Crippen molar-refractivity contribution in [1.82, 2.24) is 4.90 Å². The number of nitrogens with zero attached hydrogens (tertiary/aromatic N) is 1. The van der Waals surface area contributed by atoms with Crippen molar-refractivity contribution in [1.29, 1.82) is 0 Å². The van der Waals surface area contributed by atoms with Crippen molar-refractivity contribution in [3.63, 3.8) is 0 Å². The summed E-state index contributed by atoms with van der Waals surface area (Å²) >= 11 is 0. The Bertz CT molecular complexity index is 837. The van der Waals surface area contributed by atoms with Gasteiger partial charge in [-0.2, -0.15) is 0 Å². The topological polar surface area (TPSA) is 80.6 Å². The Morgan fingerprint density at radius 2 is 1.81 bits per heavy atom. The van der Waals surface area contributed by atoms with E-state index in [9.17, 15) is 10.2 Å². The molecule has 26 heavy (non-hydrogen) atoms. The van der Waals surface area contributed by atoms with Gasteiger partial charge in [-0.05, 0) is 18.2 Å². The molecule has 0 aromatic heterocycles. The fourth-order valence-electron chi connectivity index (χ4n) is 3.61. The van der Waals surface area contributed by atoms with E-state index in [0.717, 1.165) is 11.1 Å². The number of aliphatic hydroxyl groups excluding tert-OH is 1. The summed E-state index contributed by atoms with van der Waals surface area (Å²) in [7, 11) is 3.20. The zero-order valence-electron chi connectivity index (χ0n) is 14.7. The number of hydrogen-bond donors (Lipinski definition) is 2. The number of rotatable bonds is 4. The second-order valence-electron chi connectivity index (χ2n) is 6.38. The van der Waals surface area contributed by atoms with E-state index in [1.807, 2.05) is 11.0 Å². The van der Waals surface area contributed by atoms with Gasteiger partial charge in [-0.15, -0.1) is 0 Å². The molecule has 0 unspecified atom stereocenters. The summed E-state index contributed by atoms with van der Waals surface area (Å²) in [5.41, 5.74) is 2.37. The van der Waals surface area contributed by atoms with Crippen LogP contribution >= 0.6 is 0 Å². The molecule has 2 aliphatic rings. The van der Waals surface area contributed by atoms with Gasteiger partial charge in [0.05, 0.1) is 20.3 Å². The first-order valence-electron chi connectivity index (χ1n) is 8.36. The molecule has 0 saturated heterocycles. The molecule has 2 aliphatic heterocycles. The Labute approximate surface area is 151 Å². The van der Waals surface area contributed by atoms with E-state index in [1.54, 1.807) is 32.4 Å². The van der Waals surface area contributed by atoms with Gasteiger partial charge in [-0.3, -0.25) is 4.90 Å². The van der Waals surface area contributed by atoms with Crippen molar-refractivity contribution >= 4 is 0 Å². The third-order valence-corrected chi connectivity index (χ3v) is 4.83. The summed E-state index contributed by atoms with van der Waals surface area (Å²) in [6.45, 7) is 1.61. The number of benzene rings is 2. The monoisotopic (exact) mass is 359 g/mol. The third-order valence-electron chi connectivity index (χ3n) is 4.83. The van der Waals surface area contributed by atoms with E-state index in [0.29, 0.717) is 48.2 Å². The number of phenolic OH excluding ortho intramolecular Hbond substituents is 1. The molecule has 0 fully saturated rings. The lowest BCUT2D eigenvalue weighted by Crippen LogP contribution is -2.33. The van der Waals surface area contributed by atoms with Crippen molar-refractivity contribution in [3.8, 4) is 28.7 Å². The van der Waals surface area contributed by atoms with Crippen molar-refractivity contribution in [3.05, 3.63) is 41.0 Å². The van der Waals surface area contributed by atoms with Crippen LogP contribution < -0.4 is 18.9 Å². The van der Waals surface area contributed by atoms with Crippen LogP contribution in [0, 0.1) is 0 Å². The highest BCUT2D eigenvalue weighted by molar-refractivity contribution is 5.53. The molecule has 4 rings (SSSR count). The van der Waals surface area contributed by atoms with Gasteiger partial charge < -0.3 is 29.2 Å². The van der Waals surface area contributed by atoms with E-state index in [4.69, 9.17) is 18.9 Å². The van der Waals surface area contributed by atoms with E-state index in [-0.39, 0.29) is 12.5 Å². The SMILES string of the molecule is COc1ccc(OC)c2c1CN(Cc1cc3c(cc1O)OCO3)C[C@H]2O. The molecule has 2 heterocycles. The zero-order valence-corrected chi connectivity index (χ0v) is 14.7. The van der Waals surface area contributed by atoms with Crippen LogP contribution in [0.15, 0.2) is 24.3 Å². The number of methoxy groups -OCH3 is 2. The molecule has 2 N–H and O–H groups in total. The van der Waals surface area contributed by atoms with Gasteiger partial charge in [0, 0.05) is 42.4 Å². The molecular formula is C19H21NO6. The number of ether oxygens (including phenoxy) is 4. The smallest absolute Gasteiger partial charge is 0.231 e. The fourth-order valence-corrected chi connectivity index (χ4v) is 3.61. The molecule has 0 saturated carbocycles. The van der Waals surface area contributed by atoms with Crippen molar-refractivity contribution in [2.24, 2.45) is 0 Å². The van der Waals surface area contributed by atoms with E-state index in [2.05, 4.69) is 0 Å². The van der Waals surface area contributed by atoms with Crippen LogP contribution in [-0.4, -0.2) is 42.7 Å². The van der Waals surface area contributed by atoms with E-state index < -0.39 is 6.10 Å². The van der Waals surface area contributed by atoms with Crippen molar-refractivity contribution in [2.75, 3.05) is 27.6 Å². The number of phenols is 1. The highest BCUT2D eigenvalue weighted by atomic mass is 16.7. The van der Waals surface area contributed by atoms with Gasteiger partial charge in [0.1, 0.15) is 17.2 Å². The lowest BCUT2D eigenvalue weighted by atomic mass is 9.94. The summed E-state index contributed by atoms with van der Waals surface area (Å²) in [5.74, 6) is 2.67. The highest BCUT2D eigenvalue weighted by Gasteiger charge is 2.30. The third kappa shape index (κ3) is 2.79. The average Bonchev–Trinajstić information content (AvgIpc) is 3.08. The van der Waals surface area contributed by atoms with Crippen LogP contribution in [0.3, 0.4) is 0 Å². The Morgan fingerprint density at radius 1 is 1.12 bits per heavy atom. The average molecular weight is 359 g/mol. The lowest BCUT2D eigenvalue weighted by molar-refractivity contribution is 0.0838. The highest BCUT2D eigenvalue weighted by Crippen LogP contribution is 2.41. The molecular weight excluding hydrogens is 338 g/mol. The summed E-state index contributed by atoms with van der Waals surface area (Å²) in [5, 5.41) is 21.0. The molecule has 7 heteroatoms. The Balaban J connectivity index is 1.64. The standard InChI is InChI=1S/C19H21NO6/c1-23-15-3-4-16(24-2)19-12(15)8-20(9-14(19)22)7-11-5-17-18(6-13(11)21)26-10-25-17/h3-6,14,21-22H,7-10H2,1-2H3/t14-/m1/s1. The minimum Gasteiger partial charge on any atom is -0.507 e. The quantitative estimate of drug-likeness (QED) is 0.866. The first-order valence-corrected chi connectivity index (χ1v) is 8.36. The minimum atomic E-state index is -0.708. The molecule has 1 atom stereocenters. The van der Waals surface area contributed by atoms with Crippen LogP contribution in [0.5, 0.6) is 28.7 Å². The zero-order chi connectivity index (χ0) is 18.3. The van der Waals surface area contributed by atoms with Gasteiger partial charge in [0.15, 0.2) is 11.5 Å². The summed E-state index contributed by atoms with van der Waals surface area (Å²) in [6, 6.07) is 6.99. The minimum absolute atomic E-state index is 0.146. The maximum atomic E-state index is 10.7. The second-order valence-corrected chi connectivity index (χ2v) is 6.38. The Kier molecular flexibility index (Phi) is 4.26. The van der Waals surface area contributed by atoms with Crippen LogP contribution in [0.1, 0.15) is 22.8 Å². The van der Waals surface area contributed by atoms with Gasteiger partial charge in [-0.25, -0.2) is 0 Å². The number of fused-ring (bicyclic) bond motifs is 2. The van der Waals surface area contributed by atoms with Crippen LogP contribution in [-0.2, 0) is 13.1 Å². The van der Waals surface area contributed by atoms with Crippen molar-refractivity contribution < 1.29 is 29.2 Å². The fraction of sp³-hybridized carbons (Fsp3) is 0.368. The molecule has 138 valence electrons. The maximum absolute atomic E-state index is 10.7. The molecule has 0 amide bonds. The molecule has 2 aromatic rings. The normalized spacial score (nSPS) is 18.5. The molecule has 0 aliphatic carbocycles. The molecule has 0 spiro atoms. The molecule has 0 bridgehead atoms. The lowest BCUT2D eigenvalue weighted by Gasteiger charge is -2.34. The number of β-amino-alcohol motifs (C(OH)–C–C–N with tert-alkyl or cyclic N) is 1. The predicted molar refractivity (Wildman–Crippen MR) is 92.8 cm³/mol. The number of aromatic hydroxyl groups is 1.